The number of nitrogens with two attached hydrogens (primary N) is 1. The van der Waals surface area contributed by atoms with Crippen molar-refractivity contribution in [2.75, 3.05) is 19.6 Å². The first-order valence-electron chi connectivity index (χ1n) is 7.01. The van der Waals surface area contributed by atoms with Crippen LogP contribution in [0, 0.1) is 5.92 Å². The van der Waals surface area contributed by atoms with Crippen molar-refractivity contribution in [2.24, 2.45) is 11.8 Å². The van der Waals surface area contributed by atoms with Crippen LogP contribution in [0.5, 0.6) is 0 Å². The second-order valence-electron chi connectivity index (χ2n) is 5.37. The number of amides is 2. The van der Waals surface area contributed by atoms with Crippen LogP contribution in [0.15, 0.2) is 0 Å². The van der Waals surface area contributed by atoms with Gasteiger partial charge in [0.05, 0.1) is 0 Å². The predicted molar refractivity (Wildman–Crippen MR) is 74.0 cm³/mol. The van der Waals surface area contributed by atoms with Gasteiger partial charge in [-0.15, -0.1) is 0 Å². The number of hydrogen-bond donors (Lipinski definition) is 3. The summed E-state index contributed by atoms with van der Waals surface area (Å²) in [4.78, 5) is 24.4. The van der Waals surface area contributed by atoms with Gasteiger partial charge in [-0.3, -0.25) is 15.0 Å². The van der Waals surface area contributed by atoms with E-state index in [0.717, 1.165) is 38.9 Å². The molecule has 0 aliphatic carbocycles. The maximum Gasteiger partial charge on any atom is 0.233 e. The molecule has 1 atom stereocenters. The average molecular weight is 270 g/mol. The number of carbonyl (C=O) groups excluding carboxylic acids is 2. The summed E-state index contributed by atoms with van der Waals surface area (Å²) in [5, 5.41) is 2.88. The normalized spacial score (nSPS) is 18.9. The van der Waals surface area contributed by atoms with Crippen molar-refractivity contribution in [3.63, 3.8) is 0 Å². The van der Waals surface area contributed by atoms with Gasteiger partial charge < -0.3 is 10.2 Å². The molecule has 0 radical (unpaired) electrons. The van der Waals surface area contributed by atoms with E-state index in [1.807, 2.05) is 0 Å². The molecule has 0 bridgehead atoms. The summed E-state index contributed by atoms with van der Waals surface area (Å²) in [7, 11) is 0. The van der Waals surface area contributed by atoms with Gasteiger partial charge in [-0.1, -0.05) is 0 Å². The Balaban J connectivity index is 2.21. The molecule has 19 heavy (non-hydrogen) atoms. The van der Waals surface area contributed by atoms with Crippen LogP contribution < -0.4 is 16.6 Å². The van der Waals surface area contributed by atoms with E-state index in [4.69, 9.17) is 5.84 Å². The third-order valence-corrected chi connectivity index (χ3v) is 3.86. The highest BCUT2D eigenvalue weighted by molar-refractivity contribution is 5.75. The molecule has 0 aromatic rings. The fourth-order valence-electron chi connectivity index (χ4n) is 2.48. The molecule has 1 aliphatic rings. The molecular weight excluding hydrogens is 244 g/mol. The van der Waals surface area contributed by atoms with Gasteiger partial charge in [0, 0.05) is 25.9 Å². The lowest BCUT2D eigenvalue weighted by molar-refractivity contribution is -0.121. The molecule has 1 rings (SSSR count). The maximum absolute atomic E-state index is 11.1. The second-order valence-corrected chi connectivity index (χ2v) is 5.37. The third-order valence-electron chi connectivity index (χ3n) is 3.86. The summed E-state index contributed by atoms with van der Waals surface area (Å²) in [5.41, 5.74) is 2.16. The fourth-order valence-corrected chi connectivity index (χ4v) is 2.48. The lowest BCUT2D eigenvalue weighted by Gasteiger charge is -2.36. The molecule has 0 saturated carbocycles. The number of piperidine rings is 1. The van der Waals surface area contributed by atoms with Crippen molar-refractivity contribution in [1.29, 1.82) is 0 Å². The Morgan fingerprint density at radius 1 is 1.37 bits per heavy atom. The maximum atomic E-state index is 11.1. The van der Waals surface area contributed by atoms with Crippen LogP contribution in [0.1, 0.15) is 39.5 Å². The van der Waals surface area contributed by atoms with Crippen LogP contribution in [0.4, 0.5) is 0 Å². The predicted octanol–water partition coefficient (Wildman–Crippen LogP) is -0.00690. The van der Waals surface area contributed by atoms with Gasteiger partial charge in [0.25, 0.3) is 0 Å². The van der Waals surface area contributed by atoms with Gasteiger partial charge in [-0.05, 0) is 45.2 Å². The highest BCUT2D eigenvalue weighted by atomic mass is 16.2. The Labute approximate surface area is 115 Å². The van der Waals surface area contributed by atoms with E-state index >= 15 is 0 Å². The molecule has 6 nitrogen and oxygen atoms in total. The van der Waals surface area contributed by atoms with Crippen LogP contribution in [0.25, 0.3) is 0 Å². The van der Waals surface area contributed by atoms with Crippen LogP contribution in [0.3, 0.4) is 0 Å². The first-order chi connectivity index (χ1) is 9.02. The molecule has 0 spiro atoms. The Hall–Kier alpha value is -1.14. The topological polar surface area (TPSA) is 87.5 Å². The standard InChI is InChI=1S/C13H26N4O2/c1-10(3-4-13(19)16-14)17-7-5-12(6-8-17)9-15-11(2)18/h10,12H,3-9,14H2,1-2H3,(H,15,18)(H,16,19). The zero-order valence-electron chi connectivity index (χ0n) is 11.9. The summed E-state index contributed by atoms with van der Waals surface area (Å²) in [5.74, 6) is 5.59. The first kappa shape index (κ1) is 15.9. The minimum absolute atomic E-state index is 0.0450. The molecule has 1 unspecified atom stereocenters. The number of hydrazine groups is 1. The van der Waals surface area contributed by atoms with Crippen LogP contribution in [-0.2, 0) is 9.59 Å². The summed E-state index contributed by atoms with van der Waals surface area (Å²) >= 11 is 0. The van der Waals surface area contributed by atoms with Crippen molar-refractivity contribution in [3.8, 4) is 0 Å². The van der Waals surface area contributed by atoms with E-state index in [-0.39, 0.29) is 11.8 Å². The summed E-state index contributed by atoms with van der Waals surface area (Å²) < 4.78 is 0. The second kappa shape index (κ2) is 8.12. The average Bonchev–Trinajstić information content (AvgIpc) is 2.42. The Morgan fingerprint density at radius 3 is 2.53 bits per heavy atom. The van der Waals surface area contributed by atoms with Crippen molar-refractivity contribution in [1.82, 2.24) is 15.6 Å². The van der Waals surface area contributed by atoms with Crippen LogP contribution in [0.2, 0.25) is 0 Å². The number of nitrogens with zero attached hydrogens (tertiary/aromatic N) is 1. The summed E-state index contributed by atoms with van der Waals surface area (Å²) in [6.45, 7) is 6.57. The Bertz CT molecular complexity index is 301. The minimum atomic E-state index is -0.104. The lowest BCUT2D eigenvalue weighted by Crippen LogP contribution is -2.43. The zero-order valence-corrected chi connectivity index (χ0v) is 11.9. The largest absolute Gasteiger partial charge is 0.356 e. The van der Waals surface area contributed by atoms with Crippen molar-refractivity contribution in [2.45, 2.75) is 45.6 Å². The molecule has 2 amide bonds. The molecule has 1 heterocycles. The minimum Gasteiger partial charge on any atom is -0.356 e. The fraction of sp³-hybridized carbons (Fsp3) is 0.846. The van der Waals surface area contributed by atoms with E-state index in [0.29, 0.717) is 18.4 Å². The molecule has 1 fully saturated rings. The van der Waals surface area contributed by atoms with E-state index in [9.17, 15) is 9.59 Å². The molecule has 0 aromatic carbocycles. The van der Waals surface area contributed by atoms with Gasteiger partial charge in [0.15, 0.2) is 0 Å². The Morgan fingerprint density at radius 2 is 2.00 bits per heavy atom. The molecule has 6 heteroatoms. The Kier molecular flexibility index (Phi) is 6.80. The number of likely N-dealkylation sites (tertiary alicyclic amines) is 1. The molecule has 4 N–H and O–H groups in total. The number of rotatable bonds is 6. The number of nitrogens with one attached hydrogen (secondary N) is 2. The highest BCUT2D eigenvalue weighted by Crippen LogP contribution is 2.19. The molecular formula is C13H26N4O2. The quantitative estimate of drug-likeness (QED) is 0.360. The molecule has 1 saturated heterocycles. The van der Waals surface area contributed by atoms with Crippen molar-refractivity contribution in [3.05, 3.63) is 0 Å². The van der Waals surface area contributed by atoms with Gasteiger partial charge >= 0.3 is 0 Å². The number of carbonyl (C=O) groups is 2. The van der Waals surface area contributed by atoms with E-state index < -0.39 is 0 Å². The van der Waals surface area contributed by atoms with E-state index in [1.54, 1.807) is 6.92 Å². The highest BCUT2D eigenvalue weighted by Gasteiger charge is 2.22. The SMILES string of the molecule is CC(=O)NCC1CCN(C(C)CCC(=O)NN)CC1. The van der Waals surface area contributed by atoms with Crippen LogP contribution >= 0.6 is 0 Å². The van der Waals surface area contributed by atoms with Crippen molar-refractivity contribution < 1.29 is 9.59 Å². The monoisotopic (exact) mass is 270 g/mol. The first-order valence-corrected chi connectivity index (χ1v) is 7.01. The van der Waals surface area contributed by atoms with Crippen molar-refractivity contribution >= 4 is 11.8 Å². The van der Waals surface area contributed by atoms with Gasteiger partial charge in [-0.2, -0.15) is 0 Å². The van der Waals surface area contributed by atoms with Crippen LogP contribution in [-0.4, -0.2) is 42.4 Å². The molecule has 0 aromatic heterocycles. The molecule has 1 aliphatic heterocycles. The summed E-state index contributed by atoms with van der Waals surface area (Å²) in [6.07, 6.45) is 3.52. The zero-order chi connectivity index (χ0) is 14.3. The van der Waals surface area contributed by atoms with E-state index in [1.165, 1.54) is 0 Å². The smallest absolute Gasteiger partial charge is 0.233 e. The van der Waals surface area contributed by atoms with E-state index in [2.05, 4.69) is 22.6 Å². The van der Waals surface area contributed by atoms with Gasteiger partial charge in [-0.25, -0.2) is 5.84 Å². The summed E-state index contributed by atoms with van der Waals surface area (Å²) in [6, 6.07) is 0.402. The van der Waals surface area contributed by atoms with Gasteiger partial charge in [0.1, 0.15) is 0 Å². The third kappa shape index (κ3) is 6.02. The lowest BCUT2D eigenvalue weighted by atomic mass is 9.95. The van der Waals surface area contributed by atoms with Gasteiger partial charge in [0.2, 0.25) is 11.8 Å². The number of hydrogen-bond acceptors (Lipinski definition) is 4. The molecule has 110 valence electrons.